The first-order valence-electron chi connectivity index (χ1n) is 7.98. The summed E-state index contributed by atoms with van der Waals surface area (Å²) in [6, 6.07) is 10.5. The Bertz CT molecular complexity index is 648. The molecule has 3 rings (SSSR count). The molecule has 1 fully saturated rings. The average molecular weight is 332 g/mol. The highest BCUT2D eigenvalue weighted by Crippen LogP contribution is 2.24. The van der Waals surface area contributed by atoms with Crippen LogP contribution < -0.4 is 15.5 Å². The lowest BCUT2D eigenvalue weighted by molar-refractivity contribution is 0.571. The Morgan fingerprint density at radius 3 is 3.04 bits per heavy atom. The third-order valence-electron chi connectivity index (χ3n) is 4.18. The van der Waals surface area contributed by atoms with Crippen LogP contribution in [0.3, 0.4) is 0 Å². The van der Waals surface area contributed by atoms with E-state index in [0.29, 0.717) is 6.04 Å². The molecule has 1 aliphatic heterocycles. The van der Waals surface area contributed by atoms with Gasteiger partial charge >= 0.3 is 0 Å². The van der Waals surface area contributed by atoms with Crippen molar-refractivity contribution in [2.24, 2.45) is 0 Å². The molecule has 0 radical (unpaired) electrons. The smallest absolute Gasteiger partial charge is 0.134 e. The molecule has 0 aliphatic carbocycles. The van der Waals surface area contributed by atoms with Crippen molar-refractivity contribution in [1.29, 1.82) is 0 Å². The van der Waals surface area contributed by atoms with Gasteiger partial charge in [0.15, 0.2) is 0 Å². The highest BCUT2D eigenvalue weighted by Gasteiger charge is 2.25. The number of aromatic nitrogens is 2. The fraction of sp³-hybridized carbons (Fsp3) is 0.412. The van der Waals surface area contributed by atoms with Crippen LogP contribution in [0.2, 0.25) is 5.02 Å². The van der Waals surface area contributed by atoms with Crippen LogP contribution in [-0.4, -0.2) is 36.1 Å². The van der Waals surface area contributed by atoms with Crippen LogP contribution in [0.25, 0.3) is 0 Å². The van der Waals surface area contributed by atoms with Gasteiger partial charge < -0.3 is 15.5 Å². The second kappa shape index (κ2) is 7.62. The van der Waals surface area contributed by atoms with Gasteiger partial charge in [0, 0.05) is 43.8 Å². The number of rotatable bonds is 6. The molecule has 122 valence electrons. The summed E-state index contributed by atoms with van der Waals surface area (Å²) >= 11 is 6.03. The van der Waals surface area contributed by atoms with Crippen molar-refractivity contribution in [3.05, 3.63) is 47.2 Å². The van der Waals surface area contributed by atoms with Gasteiger partial charge in [-0.2, -0.15) is 0 Å². The van der Waals surface area contributed by atoms with Gasteiger partial charge in [0.2, 0.25) is 0 Å². The molecule has 2 heterocycles. The molecule has 0 saturated carbocycles. The second-order valence-electron chi connectivity index (χ2n) is 5.76. The van der Waals surface area contributed by atoms with E-state index in [2.05, 4.69) is 31.6 Å². The molecule has 23 heavy (non-hydrogen) atoms. The molecular formula is C17H22ClN5. The first-order chi connectivity index (χ1) is 11.3. The number of hydrogen-bond acceptors (Lipinski definition) is 5. The molecule has 1 aliphatic rings. The van der Waals surface area contributed by atoms with E-state index in [0.717, 1.165) is 36.3 Å². The Hall–Kier alpha value is -1.85. The summed E-state index contributed by atoms with van der Waals surface area (Å²) in [7, 11) is 1.88. The van der Waals surface area contributed by atoms with Crippen molar-refractivity contribution in [3.8, 4) is 0 Å². The van der Waals surface area contributed by atoms with Crippen molar-refractivity contribution in [2.45, 2.75) is 25.4 Å². The average Bonchev–Trinajstić information content (AvgIpc) is 3.03. The molecule has 2 N–H and O–H groups in total. The zero-order valence-corrected chi connectivity index (χ0v) is 14.1. The van der Waals surface area contributed by atoms with Gasteiger partial charge in [-0.1, -0.05) is 23.7 Å². The van der Waals surface area contributed by atoms with E-state index in [-0.39, 0.29) is 0 Å². The molecule has 1 unspecified atom stereocenters. The van der Waals surface area contributed by atoms with Gasteiger partial charge in [-0.05, 0) is 30.5 Å². The Morgan fingerprint density at radius 2 is 2.22 bits per heavy atom. The quantitative estimate of drug-likeness (QED) is 0.852. The SMILES string of the molecule is CNc1cc(N2CCCC2CNCc2cccc(Cl)c2)ncn1. The highest BCUT2D eigenvalue weighted by atomic mass is 35.5. The monoisotopic (exact) mass is 331 g/mol. The molecule has 0 spiro atoms. The van der Waals surface area contributed by atoms with Gasteiger partial charge in [0.05, 0.1) is 0 Å². The van der Waals surface area contributed by atoms with Crippen LogP contribution in [-0.2, 0) is 6.54 Å². The Morgan fingerprint density at radius 1 is 1.30 bits per heavy atom. The van der Waals surface area contributed by atoms with Gasteiger partial charge in [0.1, 0.15) is 18.0 Å². The summed E-state index contributed by atoms with van der Waals surface area (Å²) in [4.78, 5) is 11.0. The van der Waals surface area contributed by atoms with Gasteiger partial charge in [-0.3, -0.25) is 0 Å². The largest absolute Gasteiger partial charge is 0.373 e. The Kier molecular flexibility index (Phi) is 5.31. The molecule has 2 aromatic rings. The summed E-state index contributed by atoms with van der Waals surface area (Å²) in [6.45, 7) is 2.81. The lowest BCUT2D eigenvalue weighted by Crippen LogP contribution is -2.38. The zero-order chi connectivity index (χ0) is 16.1. The summed E-state index contributed by atoms with van der Waals surface area (Å²) in [6.07, 6.45) is 4.00. The normalized spacial score (nSPS) is 17.5. The van der Waals surface area contributed by atoms with Crippen molar-refractivity contribution in [3.63, 3.8) is 0 Å². The van der Waals surface area contributed by atoms with E-state index < -0.39 is 0 Å². The molecule has 1 aromatic heterocycles. The standard InChI is InChI=1S/C17H22ClN5/c1-19-16-9-17(22-12-21-16)23-7-3-6-15(23)11-20-10-13-4-2-5-14(18)8-13/h2,4-5,8-9,12,15,20H,3,6-7,10-11H2,1H3,(H,19,21,22). The van der Waals surface area contributed by atoms with E-state index in [1.807, 2.05) is 31.3 Å². The fourth-order valence-corrected chi connectivity index (χ4v) is 3.23. The first kappa shape index (κ1) is 16.0. The van der Waals surface area contributed by atoms with Crippen LogP contribution in [0.15, 0.2) is 36.7 Å². The van der Waals surface area contributed by atoms with E-state index in [1.54, 1.807) is 6.33 Å². The Labute approximate surface area is 142 Å². The zero-order valence-electron chi connectivity index (χ0n) is 13.3. The van der Waals surface area contributed by atoms with Gasteiger partial charge in [0.25, 0.3) is 0 Å². The molecule has 1 aromatic carbocycles. The number of benzene rings is 1. The van der Waals surface area contributed by atoms with Crippen molar-refractivity contribution in [1.82, 2.24) is 15.3 Å². The van der Waals surface area contributed by atoms with Crippen LogP contribution in [0, 0.1) is 0 Å². The molecule has 1 saturated heterocycles. The fourth-order valence-electron chi connectivity index (χ4n) is 3.02. The maximum absolute atomic E-state index is 6.03. The topological polar surface area (TPSA) is 53.1 Å². The summed E-state index contributed by atoms with van der Waals surface area (Å²) < 4.78 is 0. The van der Waals surface area contributed by atoms with Crippen LogP contribution >= 0.6 is 11.6 Å². The third-order valence-corrected chi connectivity index (χ3v) is 4.41. The molecular weight excluding hydrogens is 310 g/mol. The number of hydrogen-bond donors (Lipinski definition) is 2. The van der Waals surface area contributed by atoms with Crippen molar-refractivity contribution in [2.75, 3.05) is 30.4 Å². The molecule has 1 atom stereocenters. The van der Waals surface area contributed by atoms with Gasteiger partial charge in [-0.25, -0.2) is 9.97 Å². The maximum atomic E-state index is 6.03. The van der Waals surface area contributed by atoms with Crippen LogP contribution in [0.5, 0.6) is 0 Å². The van der Waals surface area contributed by atoms with Crippen molar-refractivity contribution >= 4 is 23.2 Å². The van der Waals surface area contributed by atoms with Gasteiger partial charge in [-0.15, -0.1) is 0 Å². The number of anilines is 2. The van der Waals surface area contributed by atoms with E-state index >= 15 is 0 Å². The summed E-state index contributed by atoms with van der Waals surface area (Å²) in [5.74, 6) is 1.85. The number of nitrogens with one attached hydrogen (secondary N) is 2. The van der Waals surface area contributed by atoms with E-state index in [9.17, 15) is 0 Å². The lowest BCUT2D eigenvalue weighted by Gasteiger charge is -2.26. The predicted octanol–water partition coefficient (Wildman–Crippen LogP) is 2.93. The van der Waals surface area contributed by atoms with Crippen molar-refractivity contribution < 1.29 is 0 Å². The Balaban J connectivity index is 1.58. The number of nitrogens with zero attached hydrogens (tertiary/aromatic N) is 3. The molecule has 6 heteroatoms. The van der Waals surface area contributed by atoms with E-state index in [4.69, 9.17) is 11.6 Å². The third kappa shape index (κ3) is 4.12. The minimum Gasteiger partial charge on any atom is -0.373 e. The molecule has 0 amide bonds. The molecule has 5 nitrogen and oxygen atoms in total. The lowest BCUT2D eigenvalue weighted by atomic mass is 10.2. The predicted molar refractivity (Wildman–Crippen MR) is 95.1 cm³/mol. The minimum absolute atomic E-state index is 0.466. The molecule has 0 bridgehead atoms. The maximum Gasteiger partial charge on any atom is 0.134 e. The minimum atomic E-state index is 0.466. The van der Waals surface area contributed by atoms with Crippen LogP contribution in [0.1, 0.15) is 18.4 Å². The highest BCUT2D eigenvalue weighted by molar-refractivity contribution is 6.30. The number of halogens is 1. The van der Waals surface area contributed by atoms with E-state index in [1.165, 1.54) is 18.4 Å². The first-order valence-corrected chi connectivity index (χ1v) is 8.35. The summed E-state index contributed by atoms with van der Waals surface area (Å²) in [5.41, 5.74) is 1.21. The second-order valence-corrected chi connectivity index (χ2v) is 6.20. The van der Waals surface area contributed by atoms with Crippen LogP contribution in [0.4, 0.5) is 11.6 Å². The summed E-state index contributed by atoms with van der Waals surface area (Å²) in [5, 5.41) is 7.39.